The summed E-state index contributed by atoms with van der Waals surface area (Å²) < 4.78 is 2.88. The number of benzene rings is 1. The van der Waals surface area contributed by atoms with Gasteiger partial charge in [-0.25, -0.2) is 9.48 Å². The highest BCUT2D eigenvalue weighted by Crippen LogP contribution is 2.13. The molecule has 0 aliphatic carbocycles. The number of fused-ring (bicyclic) bond motifs is 1. The molecule has 0 saturated heterocycles. The van der Waals surface area contributed by atoms with Crippen LogP contribution in [0.4, 0.5) is 5.69 Å². The molecule has 21 heavy (non-hydrogen) atoms. The summed E-state index contributed by atoms with van der Waals surface area (Å²) in [6, 6.07) is 6.81. The van der Waals surface area contributed by atoms with Crippen LogP contribution in [0.2, 0.25) is 5.02 Å². The fraction of sp³-hybridized carbons (Fsp3) is 0.357. The van der Waals surface area contributed by atoms with Crippen molar-refractivity contribution in [3.8, 4) is 0 Å². The first kappa shape index (κ1) is 13.9. The zero-order valence-electron chi connectivity index (χ0n) is 11.4. The van der Waals surface area contributed by atoms with Crippen molar-refractivity contribution < 1.29 is 4.79 Å². The predicted molar refractivity (Wildman–Crippen MR) is 79.5 cm³/mol. The lowest BCUT2D eigenvalue weighted by atomic mass is 10.2. The molecule has 0 atom stereocenters. The number of carbonyl (C=O) groups is 1. The van der Waals surface area contributed by atoms with Gasteiger partial charge in [-0.2, -0.15) is 5.10 Å². The Morgan fingerprint density at radius 3 is 2.76 bits per heavy atom. The zero-order valence-corrected chi connectivity index (χ0v) is 12.1. The topological polar surface area (TPSA) is 68.9 Å². The molecule has 1 amide bonds. The maximum atomic E-state index is 12.1. The van der Waals surface area contributed by atoms with E-state index in [4.69, 9.17) is 11.6 Å². The van der Waals surface area contributed by atoms with Gasteiger partial charge in [-0.15, -0.1) is 0 Å². The number of nitrogens with zero attached hydrogens (tertiary/aromatic N) is 3. The second-order valence-corrected chi connectivity index (χ2v) is 5.46. The Balaban J connectivity index is 1.71. The molecular weight excluding hydrogens is 292 g/mol. The van der Waals surface area contributed by atoms with Gasteiger partial charge in [0.15, 0.2) is 0 Å². The molecule has 7 heteroatoms. The SMILES string of the molecule is O=C(Cn1nc2n(c1=O)CCCC2)Nc1ccc(Cl)cc1. The van der Waals surface area contributed by atoms with E-state index in [-0.39, 0.29) is 18.1 Å². The standard InChI is InChI=1S/C14H15ClN4O2/c15-10-4-6-11(7-5-10)16-13(20)9-19-14(21)18-8-2-1-3-12(18)17-19/h4-7H,1-3,8-9H2,(H,16,20). The largest absolute Gasteiger partial charge is 0.346 e. The molecule has 6 nitrogen and oxygen atoms in total. The van der Waals surface area contributed by atoms with Crippen molar-refractivity contribution in [2.24, 2.45) is 0 Å². The summed E-state index contributed by atoms with van der Waals surface area (Å²) in [7, 11) is 0. The number of hydrogen-bond donors (Lipinski definition) is 1. The Hall–Kier alpha value is -2.08. The summed E-state index contributed by atoms with van der Waals surface area (Å²) in [5, 5.41) is 7.55. The van der Waals surface area contributed by atoms with Crippen LogP contribution < -0.4 is 11.0 Å². The Bertz CT molecular complexity index is 718. The average Bonchev–Trinajstić information content (AvgIpc) is 2.78. The zero-order chi connectivity index (χ0) is 14.8. The molecule has 1 N–H and O–H groups in total. The third-order valence-corrected chi connectivity index (χ3v) is 3.70. The van der Waals surface area contributed by atoms with Crippen LogP contribution in [0, 0.1) is 0 Å². The van der Waals surface area contributed by atoms with E-state index in [2.05, 4.69) is 10.4 Å². The summed E-state index contributed by atoms with van der Waals surface area (Å²) in [5.41, 5.74) is 0.428. The van der Waals surface area contributed by atoms with Gasteiger partial charge in [0.1, 0.15) is 12.4 Å². The molecule has 0 spiro atoms. The van der Waals surface area contributed by atoms with Crippen LogP contribution in [-0.4, -0.2) is 20.3 Å². The third kappa shape index (κ3) is 3.00. The minimum atomic E-state index is -0.283. The van der Waals surface area contributed by atoms with E-state index in [1.807, 2.05) is 0 Å². The van der Waals surface area contributed by atoms with Crippen molar-refractivity contribution in [3.05, 3.63) is 45.6 Å². The van der Waals surface area contributed by atoms with Crippen LogP contribution >= 0.6 is 11.6 Å². The second kappa shape index (κ2) is 5.73. The average molecular weight is 307 g/mol. The Labute approximate surface area is 126 Å². The molecule has 1 aliphatic rings. The molecule has 110 valence electrons. The van der Waals surface area contributed by atoms with Gasteiger partial charge >= 0.3 is 5.69 Å². The highest BCUT2D eigenvalue weighted by atomic mass is 35.5. The number of amides is 1. The number of hydrogen-bond acceptors (Lipinski definition) is 3. The lowest BCUT2D eigenvalue weighted by Crippen LogP contribution is -2.30. The first-order valence-electron chi connectivity index (χ1n) is 6.85. The number of carbonyl (C=O) groups excluding carboxylic acids is 1. The number of aromatic nitrogens is 3. The van der Waals surface area contributed by atoms with Gasteiger partial charge in [0.05, 0.1) is 0 Å². The summed E-state index contributed by atoms with van der Waals surface area (Å²) in [5.74, 6) is 0.486. The van der Waals surface area contributed by atoms with Crippen LogP contribution in [-0.2, 0) is 24.3 Å². The van der Waals surface area contributed by atoms with E-state index in [0.717, 1.165) is 25.1 Å². The molecule has 3 rings (SSSR count). The minimum Gasteiger partial charge on any atom is -0.324 e. The van der Waals surface area contributed by atoms with Gasteiger partial charge in [-0.3, -0.25) is 9.36 Å². The Kier molecular flexibility index (Phi) is 3.79. The molecule has 2 aromatic rings. The number of halogens is 1. The maximum Gasteiger partial charge on any atom is 0.346 e. The fourth-order valence-electron chi connectivity index (χ4n) is 2.42. The smallest absolute Gasteiger partial charge is 0.324 e. The van der Waals surface area contributed by atoms with E-state index in [1.54, 1.807) is 28.8 Å². The van der Waals surface area contributed by atoms with E-state index < -0.39 is 0 Å². The van der Waals surface area contributed by atoms with Crippen LogP contribution in [0.15, 0.2) is 29.1 Å². The van der Waals surface area contributed by atoms with Gasteiger partial charge in [-0.05, 0) is 37.1 Å². The van der Waals surface area contributed by atoms with Crippen molar-refractivity contribution >= 4 is 23.2 Å². The fourth-order valence-corrected chi connectivity index (χ4v) is 2.55. The molecule has 0 saturated carbocycles. The summed E-state index contributed by atoms with van der Waals surface area (Å²) in [4.78, 5) is 24.1. The van der Waals surface area contributed by atoms with Gasteiger partial charge < -0.3 is 5.32 Å². The summed E-state index contributed by atoms with van der Waals surface area (Å²) >= 11 is 5.79. The molecule has 1 aromatic heterocycles. The molecule has 0 unspecified atom stereocenters. The number of rotatable bonds is 3. The van der Waals surface area contributed by atoms with Crippen LogP contribution in [0.1, 0.15) is 18.7 Å². The van der Waals surface area contributed by atoms with Gasteiger partial charge in [0.25, 0.3) is 0 Å². The van der Waals surface area contributed by atoms with Crippen LogP contribution in [0.25, 0.3) is 0 Å². The van der Waals surface area contributed by atoms with Gasteiger partial charge in [-0.1, -0.05) is 11.6 Å². The summed E-state index contributed by atoms with van der Waals surface area (Å²) in [6.45, 7) is 0.606. The van der Waals surface area contributed by atoms with E-state index in [0.29, 0.717) is 17.3 Å². The predicted octanol–water partition coefficient (Wildman–Crippen LogP) is 1.67. The summed E-state index contributed by atoms with van der Waals surface area (Å²) in [6.07, 6.45) is 2.81. The van der Waals surface area contributed by atoms with Crippen molar-refractivity contribution in [2.45, 2.75) is 32.4 Å². The highest BCUT2D eigenvalue weighted by molar-refractivity contribution is 6.30. The normalized spacial score (nSPS) is 13.8. The lowest BCUT2D eigenvalue weighted by molar-refractivity contribution is -0.117. The molecular formula is C14H15ClN4O2. The van der Waals surface area contributed by atoms with Crippen molar-refractivity contribution in [1.29, 1.82) is 0 Å². The maximum absolute atomic E-state index is 12.1. The third-order valence-electron chi connectivity index (χ3n) is 3.45. The Morgan fingerprint density at radius 2 is 2.05 bits per heavy atom. The molecule has 1 aliphatic heterocycles. The molecule has 2 heterocycles. The molecule has 1 aromatic carbocycles. The second-order valence-electron chi connectivity index (χ2n) is 5.02. The van der Waals surface area contributed by atoms with E-state index >= 15 is 0 Å². The first-order chi connectivity index (χ1) is 10.1. The number of nitrogens with one attached hydrogen (secondary N) is 1. The van der Waals surface area contributed by atoms with Crippen molar-refractivity contribution in [2.75, 3.05) is 5.32 Å². The van der Waals surface area contributed by atoms with Crippen LogP contribution in [0.3, 0.4) is 0 Å². The van der Waals surface area contributed by atoms with Gasteiger partial charge in [0, 0.05) is 23.7 Å². The van der Waals surface area contributed by atoms with Crippen molar-refractivity contribution in [1.82, 2.24) is 14.3 Å². The molecule has 0 fully saturated rings. The first-order valence-corrected chi connectivity index (χ1v) is 7.23. The molecule has 0 radical (unpaired) electrons. The van der Waals surface area contributed by atoms with Crippen LogP contribution in [0.5, 0.6) is 0 Å². The Morgan fingerprint density at radius 1 is 1.29 bits per heavy atom. The lowest BCUT2D eigenvalue weighted by Gasteiger charge is -2.09. The van der Waals surface area contributed by atoms with Gasteiger partial charge in [0.2, 0.25) is 5.91 Å². The number of anilines is 1. The highest BCUT2D eigenvalue weighted by Gasteiger charge is 2.18. The van der Waals surface area contributed by atoms with Crippen molar-refractivity contribution in [3.63, 3.8) is 0 Å². The monoisotopic (exact) mass is 306 g/mol. The minimum absolute atomic E-state index is 0.0819. The molecule has 0 bridgehead atoms. The van der Waals surface area contributed by atoms with E-state index in [9.17, 15) is 9.59 Å². The number of aryl methyl sites for hydroxylation is 1. The quantitative estimate of drug-likeness (QED) is 0.938. The van der Waals surface area contributed by atoms with E-state index in [1.165, 1.54) is 4.68 Å².